The summed E-state index contributed by atoms with van der Waals surface area (Å²) in [5, 5.41) is 4.18. The zero-order valence-electron chi connectivity index (χ0n) is 12.8. The molecule has 0 amide bonds. The summed E-state index contributed by atoms with van der Waals surface area (Å²) in [7, 11) is -1.05. The van der Waals surface area contributed by atoms with Crippen molar-refractivity contribution in [3.8, 4) is 0 Å². The molecule has 114 valence electrons. The van der Waals surface area contributed by atoms with Crippen molar-refractivity contribution in [3.05, 3.63) is 17.0 Å². The lowest BCUT2D eigenvalue weighted by atomic mass is 9.81. The van der Waals surface area contributed by atoms with Crippen molar-refractivity contribution in [3.63, 3.8) is 0 Å². The summed E-state index contributed by atoms with van der Waals surface area (Å²) in [5.41, 5.74) is 9.57. The van der Waals surface area contributed by atoms with Crippen molar-refractivity contribution >= 4 is 9.84 Å². The standard InChI is InChI=1S/C14H25N3O2S/c1-9-13(10(2)17(3)16-9)14(15)11-6-5-7-12(8-11)20(4,18)19/h11-12,14H,5-8,15H2,1-4H3. The summed E-state index contributed by atoms with van der Waals surface area (Å²) in [6.07, 6.45) is 4.72. The monoisotopic (exact) mass is 299 g/mol. The van der Waals surface area contributed by atoms with Gasteiger partial charge in [-0.2, -0.15) is 5.10 Å². The highest BCUT2D eigenvalue weighted by molar-refractivity contribution is 7.91. The van der Waals surface area contributed by atoms with Crippen LogP contribution in [0, 0.1) is 19.8 Å². The summed E-state index contributed by atoms with van der Waals surface area (Å²) in [5.74, 6) is 0.227. The molecule has 1 aromatic rings. The molecule has 0 spiro atoms. The number of hydrogen-bond acceptors (Lipinski definition) is 4. The van der Waals surface area contributed by atoms with Crippen LogP contribution in [0.3, 0.4) is 0 Å². The third kappa shape index (κ3) is 2.91. The molecule has 1 aliphatic rings. The molecule has 2 N–H and O–H groups in total. The molecule has 1 aromatic heterocycles. The predicted molar refractivity (Wildman–Crippen MR) is 80.2 cm³/mol. The van der Waals surface area contributed by atoms with E-state index in [1.54, 1.807) is 0 Å². The highest BCUT2D eigenvalue weighted by Crippen LogP contribution is 2.37. The summed E-state index contributed by atoms with van der Waals surface area (Å²) < 4.78 is 25.4. The molecule has 6 heteroatoms. The maximum Gasteiger partial charge on any atom is 0.150 e. The van der Waals surface area contributed by atoms with E-state index < -0.39 is 9.84 Å². The molecule has 0 aliphatic heterocycles. The minimum Gasteiger partial charge on any atom is -0.324 e. The van der Waals surface area contributed by atoms with Gasteiger partial charge >= 0.3 is 0 Å². The average Bonchev–Trinajstić information content (AvgIpc) is 2.62. The Hall–Kier alpha value is -0.880. The summed E-state index contributed by atoms with van der Waals surface area (Å²) >= 11 is 0. The molecule has 3 unspecified atom stereocenters. The van der Waals surface area contributed by atoms with Crippen molar-refractivity contribution < 1.29 is 8.42 Å². The van der Waals surface area contributed by atoms with Crippen LogP contribution in [0.4, 0.5) is 0 Å². The molecule has 2 rings (SSSR count). The number of nitrogens with two attached hydrogens (primary N) is 1. The van der Waals surface area contributed by atoms with Gasteiger partial charge < -0.3 is 5.73 Å². The summed E-state index contributed by atoms with van der Waals surface area (Å²) in [4.78, 5) is 0. The van der Waals surface area contributed by atoms with Crippen LogP contribution in [0.2, 0.25) is 0 Å². The molecule has 1 fully saturated rings. The van der Waals surface area contributed by atoms with E-state index in [9.17, 15) is 8.42 Å². The topological polar surface area (TPSA) is 78.0 Å². The van der Waals surface area contributed by atoms with Gasteiger partial charge in [-0.05, 0) is 39.0 Å². The Bertz CT molecular complexity index is 592. The van der Waals surface area contributed by atoms with Gasteiger partial charge in [-0.15, -0.1) is 0 Å². The molecule has 0 saturated heterocycles. The van der Waals surface area contributed by atoms with Crippen molar-refractivity contribution in [2.45, 2.75) is 50.8 Å². The van der Waals surface area contributed by atoms with Crippen LogP contribution in [-0.4, -0.2) is 29.7 Å². The third-order valence-electron chi connectivity index (χ3n) is 4.68. The normalized spacial score (nSPS) is 25.6. The minimum absolute atomic E-state index is 0.117. The first-order valence-corrected chi connectivity index (χ1v) is 9.11. The van der Waals surface area contributed by atoms with E-state index in [0.717, 1.165) is 36.2 Å². The lowest BCUT2D eigenvalue weighted by molar-refractivity contribution is 0.307. The van der Waals surface area contributed by atoms with Gasteiger partial charge in [0.25, 0.3) is 0 Å². The SMILES string of the molecule is Cc1nn(C)c(C)c1C(N)C1CCCC(S(C)(=O)=O)C1. The zero-order valence-corrected chi connectivity index (χ0v) is 13.6. The molecule has 5 nitrogen and oxygen atoms in total. The maximum atomic E-state index is 11.8. The van der Waals surface area contributed by atoms with Crippen LogP contribution in [0.1, 0.15) is 48.7 Å². The number of hydrogen-bond donors (Lipinski definition) is 1. The molecule has 1 saturated carbocycles. The molecule has 0 aromatic carbocycles. The minimum atomic E-state index is -2.97. The largest absolute Gasteiger partial charge is 0.324 e. The molecular weight excluding hydrogens is 274 g/mol. The number of aromatic nitrogens is 2. The smallest absolute Gasteiger partial charge is 0.150 e. The fraction of sp³-hybridized carbons (Fsp3) is 0.786. The second-order valence-corrected chi connectivity index (χ2v) is 8.44. The molecular formula is C14H25N3O2S. The Kier molecular flexibility index (Phi) is 4.25. The quantitative estimate of drug-likeness (QED) is 0.920. The fourth-order valence-electron chi connectivity index (χ4n) is 3.40. The third-order valence-corrected chi connectivity index (χ3v) is 6.32. The summed E-state index contributed by atoms with van der Waals surface area (Å²) in [6, 6.07) is -0.117. The molecule has 20 heavy (non-hydrogen) atoms. The number of sulfone groups is 1. The van der Waals surface area contributed by atoms with Gasteiger partial charge in [0.05, 0.1) is 10.9 Å². The van der Waals surface area contributed by atoms with E-state index in [0.29, 0.717) is 6.42 Å². The Morgan fingerprint density at radius 2 is 2.00 bits per heavy atom. The molecule has 3 atom stereocenters. The first-order valence-electron chi connectivity index (χ1n) is 7.16. The van der Waals surface area contributed by atoms with Gasteiger partial charge in [0.1, 0.15) is 9.84 Å². The number of aryl methyl sites for hydroxylation is 2. The highest BCUT2D eigenvalue weighted by atomic mass is 32.2. The first-order chi connectivity index (χ1) is 9.21. The maximum absolute atomic E-state index is 11.8. The van der Waals surface area contributed by atoms with Crippen molar-refractivity contribution in [2.75, 3.05) is 6.26 Å². The van der Waals surface area contributed by atoms with Crippen LogP contribution >= 0.6 is 0 Å². The van der Waals surface area contributed by atoms with Gasteiger partial charge in [0.15, 0.2) is 0 Å². The lowest BCUT2D eigenvalue weighted by Gasteiger charge is -2.32. The van der Waals surface area contributed by atoms with Crippen LogP contribution in [0.15, 0.2) is 0 Å². The molecule has 1 aliphatic carbocycles. The Balaban J connectivity index is 2.23. The van der Waals surface area contributed by atoms with Crippen LogP contribution < -0.4 is 5.73 Å². The van der Waals surface area contributed by atoms with E-state index in [4.69, 9.17) is 5.73 Å². The molecule has 1 heterocycles. The molecule has 0 bridgehead atoms. The Morgan fingerprint density at radius 1 is 1.35 bits per heavy atom. The first kappa shape index (κ1) is 15.5. The van der Waals surface area contributed by atoms with E-state index >= 15 is 0 Å². The van der Waals surface area contributed by atoms with E-state index in [2.05, 4.69) is 5.10 Å². The van der Waals surface area contributed by atoms with Gasteiger partial charge in [0, 0.05) is 30.6 Å². The number of rotatable bonds is 3. The van der Waals surface area contributed by atoms with Crippen LogP contribution in [-0.2, 0) is 16.9 Å². The lowest BCUT2D eigenvalue weighted by Crippen LogP contribution is -2.33. The van der Waals surface area contributed by atoms with E-state index in [1.165, 1.54) is 6.26 Å². The van der Waals surface area contributed by atoms with Gasteiger partial charge in [0.2, 0.25) is 0 Å². The van der Waals surface area contributed by atoms with Crippen molar-refractivity contribution in [1.29, 1.82) is 0 Å². The van der Waals surface area contributed by atoms with Gasteiger partial charge in [-0.3, -0.25) is 4.68 Å². The number of nitrogens with zero attached hydrogens (tertiary/aromatic N) is 2. The average molecular weight is 299 g/mol. The van der Waals surface area contributed by atoms with E-state index in [-0.39, 0.29) is 17.2 Å². The zero-order chi connectivity index (χ0) is 15.1. The van der Waals surface area contributed by atoms with E-state index in [1.807, 2.05) is 25.6 Å². The predicted octanol–water partition coefficient (Wildman–Crippen LogP) is 1.64. The fourth-order valence-corrected chi connectivity index (χ4v) is 4.60. The van der Waals surface area contributed by atoms with Gasteiger partial charge in [-0.25, -0.2) is 8.42 Å². The van der Waals surface area contributed by atoms with Crippen molar-refractivity contribution in [1.82, 2.24) is 9.78 Å². The Labute approximate surface area is 121 Å². The van der Waals surface area contributed by atoms with Crippen LogP contribution in [0.25, 0.3) is 0 Å². The summed E-state index contributed by atoms with van der Waals surface area (Å²) in [6.45, 7) is 3.99. The Morgan fingerprint density at radius 3 is 2.50 bits per heavy atom. The van der Waals surface area contributed by atoms with Crippen LogP contribution in [0.5, 0.6) is 0 Å². The van der Waals surface area contributed by atoms with Gasteiger partial charge in [-0.1, -0.05) is 6.42 Å². The second-order valence-electron chi connectivity index (χ2n) is 6.11. The highest BCUT2D eigenvalue weighted by Gasteiger charge is 2.33. The second kappa shape index (κ2) is 5.48. The van der Waals surface area contributed by atoms with Crippen molar-refractivity contribution in [2.24, 2.45) is 18.7 Å². The molecule has 0 radical (unpaired) electrons.